The van der Waals surface area contributed by atoms with E-state index in [4.69, 9.17) is 5.73 Å². The van der Waals surface area contributed by atoms with Crippen LogP contribution in [0.3, 0.4) is 0 Å². The Balaban J connectivity index is 2.23. The van der Waals surface area contributed by atoms with Crippen LogP contribution in [-0.4, -0.2) is 29.9 Å². The zero-order valence-corrected chi connectivity index (χ0v) is 12.3. The van der Waals surface area contributed by atoms with Crippen LogP contribution in [-0.2, 0) is 4.79 Å². The SMILES string of the molecule is CCCC(C)N(C)C(=O)CCC1CCC(N)CC1. The molecule has 1 saturated carbocycles. The molecule has 0 aromatic heterocycles. The number of nitrogens with zero attached hydrogens (tertiary/aromatic N) is 1. The molecule has 0 heterocycles. The maximum atomic E-state index is 12.1. The van der Waals surface area contributed by atoms with Crippen molar-refractivity contribution < 1.29 is 4.79 Å². The zero-order valence-electron chi connectivity index (χ0n) is 12.3. The van der Waals surface area contributed by atoms with Crippen molar-refractivity contribution in [1.29, 1.82) is 0 Å². The van der Waals surface area contributed by atoms with Crippen molar-refractivity contribution >= 4 is 5.91 Å². The molecule has 18 heavy (non-hydrogen) atoms. The average molecular weight is 254 g/mol. The molecule has 0 aromatic carbocycles. The third-order valence-electron chi connectivity index (χ3n) is 4.42. The van der Waals surface area contributed by atoms with Crippen LogP contribution in [0.2, 0.25) is 0 Å². The summed E-state index contributed by atoms with van der Waals surface area (Å²) in [6.07, 6.45) is 8.70. The lowest BCUT2D eigenvalue weighted by Crippen LogP contribution is -2.35. The Labute approximate surface area is 112 Å². The fraction of sp³-hybridized carbons (Fsp3) is 0.933. The Hall–Kier alpha value is -0.570. The molecule has 0 spiro atoms. The Bertz CT molecular complexity index is 247. The molecule has 3 heteroatoms. The predicted molar refractivity (Wildman–Crippen MR) is 76.3 cm³/mol. The van der Waals surface area contributed by atoms with E-state index in [-0.39, 0.29) is 0 Å². The molecule has 0 saturated heterocycles. The lowest BCUT2D eigenvalue weighted by Gasteiger charge is -2.28. The molecule has 3 nitrogen and oxygen atoms in total. The van der Waals surface area contributed by atoms with Gasteiger partial charge in [0.2, 0.25) is 5.91 Å². The molecule has 2 N–H and O–H groups in total. The van der Waals surface area contributed by atoms with Crippen LogP contribution in [0.1, 0.15) is 65.2 Å². The van der Waals surface area contributed by atoms with Gasteiger partial charge in [-0.1, -0.05) is 13.3 Å². The van der Waals surface area contributed by atoms with E-state index in [1.54, 1.807) is 0 Å². The fourth-order valence-corrected chi connectivity index (χ4v) is 2.84. The Kier molecular flexibility index (Phi) is 6.69. The largest absolute Gasteiger partial charge is 0.343 e. The smallest absolute Gasteiger partial charge is 0.222 e. The molecule has 0 aromatic rings. The molecule has 1 aliphatic carbocycles. The van der Waals surface area contributed by atoms with E-state index < -0.39 is 0 Å². The number of amides is 1. The molecule has 1 rings (SSSR count). The van der Waals surface area contributed by atoms with E-state index in [9.17, 15) is 4.79 Å². The molecule has 0 bridgehead atoms. The van der Waals surface area contributed by atoms with Gasteiger partial charge in [0.25, 0.3) is 0 Å². The Morgan fingerprint density at radius 3 is 2.50 bits per heavy atom. The maximum Gasteiger partial charge on any atom is 0.222 e. The van der Waals surface area contributed by atoms with Gasteiger partial charge in [0, 0.05) is 25.6 Å². The van der Waals surface area contributed by atoms with Crippen LogP contribution < -0.4 is 5.73 Å². The van der Waals surface area contributed by atoms with Crippen molar-refractivity contribution in [3.05, 3.63) is 0 Å². The molecule has 1 atom stereocenters. The molecule has 106 valence electrons. The summed E-state index contributed by atoms with van der Waals surface area (Å²) in [6, 6.07) is 0.784. The monoisotopic (exact) mass is 254 g/mol. The molecule has 0 aliphatic heterocycles. The van der Waals surface area contributed by atoms with Crippen molar-refractivity contribution in [2.75, 3.05) is 7.05 Å². The molecule has 1 unspecified atom stereocenters. The summed E-state index contributed by atoms with van der Waals surface area (Å²) < 4.78 is 0. The van der Waals surface area contributed by atoms with Crippen molar-refractivity contribution in [2.24, 2.45) is 11.7 Å². The van der Waals surface area contributed by atoms with Gasteiger partial charge in [0.15, 0.2) is 0 Å². The van der Waals surface area contributed by atoms with E-state index in [1.165, 1.54) is 12.8 Å². The average Bonchev–Trinajstić information content (AvgIpc) is 2.37. The minimum absolute atomic E-state index is 0.311. The third kappa shape index (κ3) is 4.97. The van der Waals surface area contributed by atoms with Crippen LogP contribution in [0.4, 0.5) is 0 Å². The minimum Gasteiger partial charge on any atom is -0.343 e. The van der Waals surface area contributed by atoms with Crippen molar-refractivity contribution in [3.8, 4) is 0 Å². The predicted octanol–water partition coefficient (Wildman–Crippen LogP) is 2.93. The number of hydrogen-bond donors (Lipinski definition) is 1. The quantitative estimate of drug-likeness (QED) is 0.792. The Morgan fingerprint density at radius 1 is 1.33 bits per heavy atom. The highest BCUT2D eigenvalue weighted by atomic mass is 16.2. The number of rotatable bonds is 6. The van der Waals surface area contributed by atoms with Crippen molar-refractivity contribution in [1.82, 2.24) is 4.90 Å². The van der Waals surface area contributed by atoms with Crippen molar-refractivity contribution in [3.63, 3.8) is 0 Å². The Morgan fingerprint density at radius 2 is 1.94 bits per heavy atom. The van der Waals surface area contributed by atoms with Gasteiger partial charge in [0.1, 0.15) is 0 Å². The molecule has 0 radical (unpaired) electrons. The second-order valence-corrected chi connectivity index (χ2v) is 5.96. The van der Waals surface area contributed by atoms with E-state index in [1.807, 2.05) is 11.9 Å². The first-order valence-electron chi connectivity index (χ1n) is 7.55. The first kappa shape index (κ1) is 15.5. The third-order valence-corrected chi connectivity index (χ3v) is 4.42. The van der Waals surface area contributed by atoms with Crippen LogP contribution >= 0.6 is 0 Å². The van der Waals surface area contributed by atoms with E-state index >= 15 is 0 Å². The van der Waals surface area contributed by atoms with Gasteiger partial charge in [-0.15, -0.1) is 0 Å². The van der Waals surface area contributed by atoms with Gasteiger partial charge in [-0.3, -0.25) is 4.79 Å². The van der Waals surface area contributed by atoms with E-state index in [0.717, 1.165) is 38.0 Å². The van der Waals surface area contributed by atoms with Gasteiger partial charge in [-0.05, 0) is 51.4 Å². The first-order chi connectivity index (χ1) is 8.54. The van der Waals surface area contributed by atoms with Crippen LogP contribution in [0.5, 0.6) is 0 Å². The number of carbonyl (C=O) groups excluding carboxylic acids is 1. The van der Waals surface area contributed by atoms with Gasteiger partial charge in [-0.25, -0.2) is 0 Å². The second kappa shape index (κ2) is 7.78. The first-order valence-corrected chi connectivity index (χ1v) is 7.55. The zero-order chi connectivity index (χ0) is 13.5. The van der Waals surface area contributed by atoms with Crippen molar-refractivity contribution in [2.45, 2.75) is 77.3 Å². The van der Waals surface area contributed by atoms with Gasteiger partial charge in [0.05, 0.1) is 0 Å². The summed E-state index contributed by atoms with van der Waals surface area (Å²) in [5, 5.41) is 0. The molecule has 1 amide bonds. The number of nitrogens with two attached hydrogens (primary N) is 1. The highest BCUT2D eigenvalue weighted by molar-refractivity contribution is 5.76. The standard InChI is InChI=1S/C15H30N2O/c1-4-5-12(2)17(3)15(18)11-8-13-6-9-14(16)10-7-13/h12-14H,4-11,16H2,1-3H3. The second-order valence-electron chi connectivity index (χ2n) is 5.96. The highest BCUT2D eigenvalue weighted by Gasteiger charge is 2.21. The molecular formula is C15H30N2O. The lowest BCUT2D eigenvalue weighted by molar-refractivity contribution is -0.132. The van der Waals surface area contributed by atoms with E-state index in [2.05, 4.69) is 13.8 Å². The summed E-state index contributed by atoms with van der Waals surface area (Å²) >= 11 is 0. The summed E-state index contributed by atoms with van der Waals surface area (Å²) in [4.78, 5) is 14.0. The topological polar surface area (TPSA) is 46.3 Å². The van der Waals surface area contributed by atoms with Gasteiger partial charge < -0.3 is 10.6 Å². The summed E-state index contributed by atoms with van der Waals surface area (Å²) in [5.41, 5.74) is 5.90. The van der Waals surface area contributed by atoms with Crippen LogP contribution in [0.25, 0.3) is 0 Å². The normalized spacial score (nSPS) is 25.8. The van der Waals surface area contributed by atoms with Crippen LogP contribution in [0.15, 0.2) is 0 Å². The van der Waals surface area contributed by atoms with Crippen LogP contribution in [0, 0.1) is 5.92 Å². The van der Waals surface area contributed by atoms with E-state index in [0.29, 0.717) is 24.4 Å². The minimum atomic E-state index is 0.311. The molecule has 1 fully saturated rings. The lowest BCUT2D eigenvalue weighted by atomic mass is 9.83. The number of carbonyl (C=O) groups is 1. The summed E-state index contributed by atoms with van der Waals surface area (Å²) in [5.74, 6) is 1.04. The summed E-state index contributed by atoms with van der Waals surface area (Å²) in [6.45, 7) is 4.31. The fourth-order valence-electron chi connectivity index (χ4n) is 2.84. The number of hydrogen-bond acceptors (Lipinski definition) is 2. The molecular weight excluding hydrogens is 224 g/mol. The van der Waals surface area contributed by atoms with Gasteiger partial charge >= 0.3 is 0 Å². The van der Waals surface area contributed by atoms with Gasteiger partial charge in [-0.2, -0.15) is 0 Å². The molecule has 1 aliphatic rings. The maximum absolute atomic E-state index is 12.1. The highest BCUT2D eigenvalue weighted by Crippen LogP contribution is 2.27. The summed E-state index contributed by atoms with van der Waals surface area (Å²) in [7, 11) is 1.94.